The Hall–Kier alpha value is -1.91. The monoisotopic (exact) mass is 314 g/mol. The van der Waals surface area contributed by atoms with Crippen LogP contribution in [0, 0.1) is 5.82 Å². The van der Waals surface area contributed by atoms with Crippen LogP contribution in [0.2, 0.25) is 0 Å². The average molecular weight is 314 g/mol. The molecule has 0 aromatic heterocycles. The molecule has 122 valence electrons. The highest BCUT2D eigenvalue weighted by Crippen LogP contribution is 2.24. The van der Waals surface area contributed by atoms with E-state index in [2.05, 4.69) is 28.9 Å². The molecular weight excluding hydrogens is 291 g/mol. The Bertz CT molecular complexity index is 619. The third kappa shape index (κ3) is 3.71. The molecule has 0 bridgehead atoms. The van der Waals surface area contributed by atoms with Gasteiger partial charge in [-0.2, -0.15) is 0 Å². The molecule has 1 atom stereocenters. The zero-order valence-electron chi connectivity index (χ0n) is 13.5. The third-order valence-corrected chi connectivity index (χ3v) is 4.70. The first-order valence-electron chi connectivity index (χ1n) is 8.11. The molecule has 1 heterocycles. The van der Waals surface area contributed by atoms with Crippen LogP contribution in [0.4, 0.5) is 10.1 Å². The Morgan fingerprint density at radius 2 is 1.57 bits per heavy atom. The van der Waals surface area contributed by atoms with Gasteiger partial charge in [-0.1, -0.05) is 24.3 Å². The zero-order chi connectivity index (χ0) is 16.2. The van der Waals surface area contributed by atoms with E-state index in [9.17, 15) is 4.39 Å². The molecule has 0 amide bonds. The third-order valence-electron chi connectivity index (χ3n) is 4.70. The fourth-order valence-electron chi connectivity index (χ4n) is 3.13. The summed E-state index contributed by atoms with van der Waals surface area (Å²) in [5.74, 6) is -0.188. The van der Waals surface area contributed by atoms with Crippen molar-refractivity contribution in [3.05, 3.63) is 65.5 Å². The van der Waals surface area contributed by atoms with Gasteiger partial charge in [0.05, 0.1) is 6.61 Å². The van der Waals surface area contributed by atoms with Gasteiger partial charge in [-0.3, -0.25) is 4.90 Å². The van der Waals surface area contributed by atoms with Gasteiger partial charge in [0.2, 0.25) is 0 Å². The summed E-state index contributed by atoms with van der Waals surface area (Å²) in [6.07, 6.45) is 0. The van der Waals surface area contributed by atoms with E-state index in [4.69, 9.17) is 5.11 Å². The molecule has 3 nitrogen and oxygen atoms in total. The second-order valence-electron chi connectivity index (χ2n) is 6.08. The van der Waals surface area contributed by atoms with E-state index in [0.717, 1.165) is 37.4 Å². The molecule has 2 aromatic carbocycles. The van der Waals surface area contributed by atoms with Crippen LogP contribution < -0.4 is 4.90 Å². The first-order valence-corrected chi connectivity index (χ1v) is 8.11. The molecular formula is C19H23FN2O. The van der Waals surface area contributed by atoms with Crippen LogP contribution in [0.1, 0.15) is 24.1 Å². The molecule has 0 saturated carbocycles. The lowest BCUT2D eigenvalue weighted by atomic mass is 10.0. The predicted octanol–water partition coefficient (Wildman–Crippen LogP) is 3.20. The summed E-state index contributed by atoms with van der Waals surface area (Å²) in [6.45, 7) is 6.18. The van der Waals surface area contributed by atoms with Crippen molar-refractivity contribution in [2.24, 2.45) is 0 Å². The van der Waals surface area contributed by atoms with Gasteiger partial charge < -0.3 is 10.0 Å². The molecule has 1 aliphatic rings. The molecule has 3 rings (SSSR count). The summed E-state index contributed by atoms with van der Waals surface area (Å²) in [5.41, 5.74) is 3.31. The van der Waals surface area contributed by atoms with Crippen LogP contribution >= 0.6 is 0 Å². The number of aliphatic hydroxyl groups excluding tert-OH is 1. The molecule has 1 saturated heterocycles. The summed E-state index contributed by atoms with van der Waals surface area (Å²) < 4.78 is 13.0. The number of anilines is 1. The Kier molecular flexibility index (Phi) is 4.94. The molecule has 4 heteroatoms. The minimum absolute atomic E-state index is 0.0883. The van der Waals surface area contributed by atoms with Crippen LogP contribution in [0.5, 0.6) is 0 Å². The van der Waals surface area contributed by atoms with Crippen molar-refractivity contribution in [3.63, 3.8) is 0 Å². The highest BCUT2D eigenvalue weighted by Gasteiger charge is 2.22. The predicted molar refractivity (Wildman–Crippen MR) is 91.0 cm³/mol. The van der Waals surface area contributed by atoms with Crippen LogP contribution in [0.15, 0.2) is 48.5 Å². The van der Waals surface area contributed by atoms with Crippen molar-refractivity contribution in [2.75, 3.05) is 31.1 Å². The molecule has 0 radical (unpaired) electrons. The van der Waals surface area contributed by atoms with Gasteiger partial charge in [-0.25, -0.2) is 4.39 Å². The number of benzene rings is 2. The lowest BCUT2D eigenvalue weighted by Crippen LogP contribution is -2.47. The molecule has 23 heavy (non-hydrogen) atoms. The number of piperazine rings is 1. The van der Waals surface area contributed by atoms with Crippen LogP contribution in [-0.4, -0.2) is 36.2 Å². The van der Waals surface area contributed by atoms with Crippen LogP contribution in [0.25, 0.3) is 0 Å². The topological polar surface area (TPSA) is 26.7 Å². The largest absolute Gasteiger partial charge is 0.392 e. The highest BCUT2D eigenvalue weighted by molar-refractivity contribution is 5.46. The maximum Gasteiger partial charge on any atom is 0.123 e. The molecule has 2 aromatic rings. The number of nitrogens with zero attached hydrogens (tertiary/aromatic N) is 2. The van der Waals surface area contributed by atoms with Crippen molar-refractivity contribution in [2.45, 2.75) is 19.6 Å². The Morgan fingerprint density at radius 3 is 2.13 bits per heavy atom. The number of aliphatic hydroxyl groups is 1. The van der Waals surface area contributed by atoms with E-state index < -0.39 is 0 Å². The lowest BCUT2D eigenvalue weighted by molar-refractivity contribution is 0.198. The maximum atomic E-state index is 13.0. The Labute approximate surface area is 137 Å². The maximum absolute atomic E-state index is 13.0. The van der Waals surface area contributed by atoms with Gasteiger partial charge in [0.25, 0.3) is 0 Å². The van der Waals surface area contributed by atoms with Gasteiger partial charge in [0.15, 0.2) is 0 Å². The quantitative estimate of drug-likeness (QED) is 0.939. The molecule has 0 aliphatic carbocycles. The van der Waals surface area contributed by atoms with E-state index in [1.54, 1.807) is 0 Å². The van der Waals surface area contributed by atoms with Crippen LogP contribution in [-0.2, 0) is 6.61 Å². The lowest BCUT2D eigenvalue weighted by Gasteiger charge is -2.39. The van der Waals surface area contributed by atoms with Crippen molar-refractivity contribution in [1.29, 1.82) is 0 Å². The van der Waals surface area contributed by atoms with E-state index in [0.29, 0.717) is 6.04 Å². The second kappa shape index (κ2) is 7.11. The molecule has 1 unspecified atom stereocenters. The second-order valence-corrected chi connectivity index (χ2v) is 6.08. The molecule has 1 aliphatic heterocycles. The first kappa shape index (κ1) is 16.0. The van der Waals surface area contributed by atoms with Gasteiger partial charge >= 0.3 is 0 Å². The fourth-order valence-corrected chi connectivity index (χ4v) is 3.13. The van der Waals surface area contributed by atoms with Crippen molar-refractivity contribution >= 4 is 5.69 Å². The van der Waals surface area contributed by atoms with Gasteiger partial charge in [-0.15, -0.1) is 0 Å². The molecule has 1 fully saturated rings. The van der Waals surface area contributed by atoms with E-state index in [1.807, 2.05) is 24.3 Å². The molecule has 1 N–H and O–H groups in total. The minimum atomic E-state index is -0.188. The minimum Gasteiger partial charge on any atom is -0.392 e. The first-order chi connectivity index (χ1) is 11.2. The summed E-state index contributed by atoms with van der Waals surface area (Å²) in [4.78, 5) is 4.77. The molecule has 0 spiro atoms. The SMILES string of the molecule is CC(c1ccc(CO)cc1)N1CCN(c2ccc(F)cc2)CC1. The van der Waals surface area contributed by atoms with E-state index >= 15 is 0 Å². The number of hydrogen-bond acceptors (Lipinski definition) is 3. The van der Waals surface area contributed by atoms with Gasteiger partial charge in [0, 0.05) is 37.9 Å². The summed E-state index contributed by atoms with van der Waals surface area (Å²) >= 11 is 0. The fraction of sp³-hybridized carbons (Fsp3) is 0.368. The number of halogens is 1. The number of rotatable bonds is 4. The van der Waals surface area contributed by atoms with Crippen LogP contribution in [0.3, 0.4) is 0 Å². The summed E-state index contributed by atoms with van der Waals surface area (Å²) in [6, 6.07) is 15.3. The normalized spacial score (nSPS) is 17.3. The Morgan fingerprint density at radius 1 is 0.957 bits per heavy atom. The summed E-state index contributed by atoms with van der Waals surface area (Å²) in [7, 11) is 0. The standard InChI is InChI=1S/C19H23FN2O/c1-15(17-4-2-16(14-23)3-5-17)21-10-12-22(13-11-21)19-8-6-18(20)7-9-19/h2-9,15,23H,10-14H2,1H3. The smallest absolute Gasteiger partial charge is 0.123 e. The average Bonchev–Trinajstić information content (AvgIpc) is 2.62. The number of hydrogen-bond donors (Lipinski definition) is 1. The summed E-state index contributed by atoms with van der Waals surface area (Å²) in [5, 5.41) is 9.13. The van der Waals surface area contributed by atoms with Gasteiger partial charge in [0.1, 0.15) is 5.82 Å². The van der Waals surface area contributed by atoms with Crippen molar-refractivity contribution in [3.8, 4) is 0 Å². The Balaban J connectivity index is 1.60. The zero-order valence-corrected chi connectivity index (χ0v) is 13.5. The van der Waals surface area contributed by atoms with Crippen molar-refractivity contribution in [1.82, 2.24) is 4.90 Å². The van der Waals surface area contributed by atoms with E-state index in [1.165, 1.54) is 17.7 Å². The van der Waals surface area contributed by atoms with Gasteiger partial charge in [-0.05, 0) is 42.3 Å². The van der Waals surface area contributed by atoms with Crippen molar-refractivity contribution < 1.29 is 9.50 Å². The van der Waals surface area contributed by atoms with E-state index in [-0.39, 0.29) is 12.4 Å². The highest BCUT2D eigenvalue weighted by atomic mass is 19.1.